The van der Waals surface area contributed by atoms with Crippen LogP contribution < -0.4 is 4.74 Å². The number of nitrogens with zero attached hydrogens (tertiary/aromatic N) is 2. The van der Waals surface area contributed by atoms with Gasteiger partial charge < -0.3 is 19.7 Å². The molecule has 212 valence electrons. The first-order valence-corrected chi connectivity index (χ1v) is 14.0. The molecule has 1 aliphatic heterocycles. The van der Waals surface area contributed by atoms with E-state index in [1.807, 2.05) is 18.2 Å². The molecule has 0 atom stereocenters. The van der Waals surface area contributed by atoms with Crippen molar-refractivity contribution >= 4 is 34.5 Å². The molecule has 42 heavy (non-hydrogen) atoms. The molecular weight excluding hydrogens is 557 g/mol. The highest BCUT2D eigenvalue weighted by Gasteiger charge is 2.27. The molecule has 0 saturated carbocycles. The number of aromatic amines is 1. The van der Waals surface area contributed by atoms with Gasteiger partial charge in [-0.05, 0) is 48.1 Å². The van der Waals surface area contributed by atoms with Crippen LogP contribution in [0, 0.1) is 5.82 Å². The number of imidazole rings is 1. The van der Waals surface area contributed by atoms with Crippen LogP contribution >= 0.6 is 11.6 Å². The van der Waals surface area contributed by atoms with E-state index in [2.05, 4.69) is 22.1 Å². The lowest BCUT2D eigenvalue weighted by Gasteiger charge is -2.32. The van der Waals surface area contributed by atoms with Gasteiger partial charge in [-0.25, -0.2) is 14.2 Å². The molecule has 0 unspecified atom stereocenters. The van der Waals surface area contributed by atoms with Crippen molar-refractivity contribution in [2.24, 2.45) is 0 Å². The number of likely N-dealkylation sites (tertiary alicyclic amines) is 1. The third kappa shape index (κ3) is 5.10. The van der Waals surface area contributed by atoms with Gasteiger partial charge in [0.2, 0.25) is 0 Å². The van der Waals surface area contributed by atoms with Gasteiger partial charge in [0.15, 0.2) is 11.6 Å². The van der Waals surface area contributed by atoms with Crippen LogP contribution in [0.1, 0.15) is 45.0 Å². The maximum atomic E-state index is 14.3. The molecule has 1 fully saturated rings. The van der Waals surface area contributed by atoms with E-state index in [1.54, 1.807) is 35.2 Å². The molecule has 1 amide bonds. The highest BCUT2D eigenvalue weighted by molar-refractivity contribution is 6.34. The molecule has 0 aliphatic carbocycles. The number of hydrogen-bond donors (Lipinski definition) is 2. The van der Waals surface area contributed by atoms with E-state index in [1.165, 1.54) is 30.9 Å². The number of hydrogen-bond acceptors (Lipinski definition) is 4. The molecule has 5 aromatic rings. The Bertz CT molecular complexity index is 1810. The van der Waals surface area contributed by atoms with Crippen LogP contribution in [0.4, 0.5) is 4.39 Å². The van der Waals surface area contributed by atoms with Crippen LogP contribution in [0.15, 0.2) is 78.9 Å². The minimum Gasteiger partial charge on any atom is -0.494 e. The third-order valence-electron chi connectivity index (χ3n) is 7.84. The van der Waals surface area contributed by atoms with E-state index in [0.717, 1.165) is 12.8 Å². The molecule has 1 saturated heterocycles. The third-order valence-corrected chi connectivity index (χ3v) is 8.16. The Balaban J connectivity index is 1.33. The second-order valence-corrected chi connectivity index (χ2v) is 10.7. The fourth-order valence-electron chi connectivity index (χ4n) is 5.69. The standard InChI is InChI=1S/C33H27ClFN3O4/c1-42-29-18-28-27(17-26(29)35)36-31(37-28)23-8-5-9-25(34)30(23)22-11-10-21(16-24(22)33(40)41)32(39)38-14-12-20(13-15-38)19-6-3-2-4-7-19/h2-11,16-18,20H,12-15H2,1H3,(H,36,37)(H,40,41). The fraction of sp³-hybridized carbons (Fsp3) is 0.182. The van der Waals surface area contributed by atoms with Gasteiger partial charge >= 0.3 is 5.97 Å². The predicted molar refractivity (Wildman–Crippen MR) is 160 cm³/mol. The van der Waals surface area contributed by atoms with Gasteiger partial charge in [0.05, 0.1) is 23.7 Å². The number of H-pyrrole nitrogens is 1. The number of carbonyl (C=O) groups is 2. The summed E-state index contributed by atoms with van der Waals surface area (Å²) in [6.07, 6.45) is 1.69. The second-order valence-electron chi connectivity index (χ2n) is 10.3. The van der Waals surface area contributed by atoms with E-state index >= 15 is 0 Å². The van der Waals surface area contributed by atoms with Crippen LogP contribution in [0.2, 0.25) is 5.02 Å². The van der Waals surface area contributed by atoms with Gasteiger partial charge in [0.25, 0.3) is 5.91 Å². The number of benzene rings is 4. The van der Waals surface area contributed by atoms with Crippen molar-refractivity contribution < 1.29 is 23.8 Å². The summed E-state index contributed by atoms with van der Waals surface area (Å²) >= 11 is 6.66. The van der Waals surface area contributed by atoms with Crippen molar-refractivity contribution in [1.82, 2.24) is 14.9 Å². The summed E-state index contributed by atoms with van der Waals surface area (Å²) in [6.45, 7) is 1.18. The molecular formula is C33H27ClFN3O4. The van der Waals surface area contributed by atoms with Crippen LogP contribution in [0.5, 0.6) is 5.75 Å². The zero-order valence-electron chi connectivity index (χ0n) is 22.7. The van der Waals surface area contributed by atoms with Gasteiger partial charge in [0.1, 0.15) is 5.82 Å². The molecule has 2 heterocycles. The van der Waals surface area contributed by atoms with Gasteiger partial charge in [-0.3, -0.25) is 4.79 Å². The summed E-state index contributed by atoms with van der Waals surface area (Å²) in [5, 5.41) is 10.5. The van der Waals surface area contributed by atoms with Gasteiger partial charge in [-0.1, -0.05) is 60.1 Å². The van der Waals surface area contributed by atoms with E-state index < -0.39 is 11.8 Å². The number of halogens is 2. The number of methoxy groups -OCH3 is 1. The largest absolute Gasteiger partial charge is 0.494 e. The van der Waals surface area contributed by atoms with Crippen LogP contribution in [0.3, 0.4) is 0 Å². The number of aromatic nitrogens is 2. The summed E-state index contributed by atoms with van der Waals surface area (Å²) in [5.74, 6) is -1.10. The number of nitrogens with one attached hydrogen (secondary N) is 1. The first-order valence-electron chi connectivity index (χ1n) is 13.6. The number of rotatable bonds is 6. The molecule has 6 rings (SSSR count). The molecule has 4 aromatic carbocycles. The zero-order valence-corrected chi connectivity index (χ0v) is 23.5. The highest BCUT2D eigenvalue weighted by Crippen LogP contribution is 2.40. The number of piperidine rings is 1. The number of carboxylic acids is 1. The zero-order chi connectivity index (χ0) is 29.4. The summed E-state index contributed by atoms with van der Waals surface area (Å²) in [6, 6.07) is 22.9. The van der Waals surface area contributed by atoms with E-state index in [9.17, 15) is 19.1 Å². The molecule has 0 spiro atoms. The fourth-order valence-corrected chi connectivity index (χ4v) is 5.96. The number of carboxylic acid groups (broad SMARTS) is 1. The van der Waals surface area contributed by atoms with E-state index in [-0.39, 0.29) is 17.2 Å². The SMILES string of the molecule is COc1cc2[nH]c(-c3cccc(Cl)c3-c3ccc(C(=O)N4CCC(c5ccccc5)CC4)cc3C(=O)O)nc2cc1F. The summed E-state index contributed by atoms with van der Waals surface area (Å²) < 4.78 is 19.4. The Kier molecular flexibility index (Phi) is 7.39. The van der Waals surface area contributed by atoms with Crippen molar-refractivity contribution in [2.75, 3.05) is 20.2 Å². The minimum atomic E-state index is -1.19. The average Bonchev–Trinajstić information content (AvgIpc) is 3.43. The van der Waals surface area contributed by atoms with Crippen molar-refractivity contribution in [3.63, 3.8) is 0 Å². The molecule has 1 aromatic heterocycles. The Labute approximate surface area is 246 Å². The van der Waals surface area contributed by atoms with E-state index in [0.29, 0.717) is 63.1 Å². The molecule has 9 heteroatoms. The topological polar surface area (TPSA) is 95.5 Å². The lowest BCUT2D eigenvalue weighted by Crippen LogP contribution is -2.38. The van der Waals surface area contributed by atoms with Crippen molar-refractivity contribution in [1.29, 1.82) is 0 Å². The monoisotopic (exact) mass is 583 g/mol. The minimum absolute atomic E-state index is 0.0572. The Morgan fingerprint density at radius 1 is 1.00 bits per heavy atom. The van der Waals surface area contributed by atoms with Crippen molar-refractivity contribution in [2.45, 2.75) is 18.8 Å². The molecule has 7 nitrogen and oxygen atoms in total. The van der Waals surface area contributed by atoms with Crippen LogP contribution in [-0.4, -0.2) is 52.1 Å². The molecule has 1 aliphatic rings. The maximum absolute atomic E-state index is 14.3. The average molecular weight is 584 g/mol. The van der Waals surface area contributed by atoms with Crippen molar-refractivity contribution in [3.05, 3.63) is 106 Å². The lowest BCUT2D eigenvalue weighted by molar-refractivity contribution is 0.0697. The first kappa shape index (κ1) is 27.5. The van der Waals surface area contributed by atoms with Crippen molar-refractivity contribution in [3.8, 4) is 28.3 Å². The first-order chi connectivity index (χ1) is 20.3. The van der Waals surface area contributed by atoms with Gasteiger partial charge in [-0.2, -0.15) is 0 Å². The number of aromatic carboxylic acids is 1. The number of fused-ring (bicyclic) bond motifs is 1. The lowest BCUT2D eigenvalue weighted by atomic mass is 9.89. The van der Waals surface area contributed by atoms with Gasteiger partial charge in [0, 0.05) is 46.9 Å². The van der Waals surface area contributed by atoms with Crippen LogP contribution in [-0.2, 0) is 0 Å². The normalized spacial score (nSPS) is 13.8. The number of amides is 1. The van der Waals surface area contributed by atoms with Crippen LogP contribution in [0.25, 0.3) is 33.5 Å². The Hall–Kier alpha value is -4.69. The molecule has 2 N–H and O–H groups in total. The number of carbonyl (C=O) groups excluding carboxylic acids is 1. The maximum Gasteiger partial charge on any atom is 0.336 e. The number of ether oxygens (including phenoxy) is 1. The summed E-state index contributed by atoms with van der Waals surface area (Å²) in [4.78, 5) is 35.4. The summed E-state index contributed by atoms with van der Waals surface area (Å²) in [5.41, 5.74) is 3.74. The second kappa shape index (κ2) is 11.3. The molecule has 0 bridgehead atoms. The Morgan fingerprint density at radius 2 is 1.76 bits per heavy atom. The van der Waals surface area contributed by atoms with E-state index in [4.69, 9.17) is 16.3 Å². The predicted octanol–water partition coefficient (Wildman–Crippen LogP) is 7.42. The summed E-state index contributed by atoms with van der Waals surface area (Å²) in [7, 11) is 1.38. The quantitative estimate of drug-likeness (QED) is 0.217. The highest BCUT2D eigenvalue weighted by atomic mass is 35.5. The smallest absolute Gasteiger partial charge is 0.336 e. The Morgan fingerprint density at radius 3 is 2.48 bits per heavy atom. The molecule has 0 radical (unpaired) electrons. The van der Waals surface area contributed by atoms with Gasteiger partial charge in [-0.15, -0.1) is 0 Å².